The highest BCUT2D eigenvalue weighted by Crippen LogP contribution is 2.18. The summed E-state index contributed by atoms with van der Waals surface area (Å²) in [6.45, 7) is 5.99. The molecule has 0 aliphatic carbocycles. The molecule has 0 spiro atoms. The van der Waals surface area contributed by atoms with Crippen molar-refractivity contribution in [3.05, 3.63) is 60.2 Å². The number of hydrogen-bond donors (Lipinski definition) is 1. The van der Waals surface area contributed by atoms with Crippen LogP contribution >= 0.6 is 0 Å². The van der Waals surface area contributed by atoms with Crippen molar-refractivity contribution in [3.8, 4) is 0 Å². The highest BCUT2D eigenvalue weighted by Gasteiger charge is 2.12. The van der Waals surface area contributed by atoms with E-state index in [-0.39, 0.29) is 5.91 Å². The highest BCUT2D eigenvalue weighted by molar-refractivity contribution is 5.92. The predicted molar refractivity (Wildman–Crippen MR) is 99.5 cm³/mol. The van der Waals surface area contributed by atoms with E-state index < -0.39 is 0 Å². The van der Waals surface area contributed by atoms with Gasteiger partial charge in [0.2, 0.25) is 0 Å². The molecule has 2 aromatic heterocycles. The molecule has 0 aliphatic rings. The number of rotatable bonds is 7. The van der Waals surface area contributed by atoms with E-state index in [0.29, 0.717) is 18.2 Å². The lowest BCUT2D eigenvalue weighted by Crippen LogP contribution is -2.25. The van der Waals surface area contributed by atoms with Crippen LogP contribution in [0, 0.1) is 5.92 Å². The summed E-state index contributed by atoms with van der Waals surface area (Å²) in [7, 11) is 0. The topological polar surface area (TPSA) is 59.8 Å². The Morgan fingerprint density at radius 3 is 2.72 bits per heavy atom. The van der Waals surface area contributed by atoms with Gasteiger partial charge in [-0.2, -0.15) is 0 Å². The molecular formula is C20H24N4O. The number of hydrogen-bond acceptors (Lipinski definition) is 3. The van der Waals surface area contributed by atoms with Gasteiger partial charge in [-0.05, 0) is 36.6 Å². The maximum atomic E-state index is 12.0. The lowest BCUT2D eigenvalue weighted by Gasteiger charge is -2.12. The molecule has 2 heterocycles. The van der Waals surface area contributed by atoms with Crippen LogP contribution in [0.3, 0.4) is 0 Å². The predicted octanol–water partition coefficient (Wildman–Crippen LogP) is 3.45. The molecule has 3 aromatic rings. The number of aromatic nitrogens is 3. The number of aryl methyl sites for hydroxylation is 1. The second kappa shape index (κ2) is 7.92. The Hall–Kier alpha value is -2.69. The SMILES string of the molecule is CC(C)Cn1c(CCCNC(=O)c2ccccn2)nc2ccccc21. The molecule has 25 heavy (non-hydrogen) atoms. The average Bonchev–Trinajstić information content (AvgIpc) is 2.96. The number of fused-ring (bicyclic) bond motifs is 1. The van der Waals surface area contributed by atoms with E-state index in [1.807, 2.05) is 12.1 Å². The molecule has 0 bridgehead atoms. The minimum atomic E-state index is -0.128. The van der Waals surface area contributed by atoms with Crippen molar-refractivity contribution in [2.24, 2.45) is 5.92 Å². The first-order valence-electron chi connectivity index (χ1n) is 8.78. The summed E-state index contributed by atoms with van der Waals surface area (Å²) in [5, 5.41) is 2.92. The van der Waals surface area contributed by atoms with Crippen LogP contribution in [0.4, 0.5) is 0 Å². The van der Waals surface area contributed by atoms with E-state index in [2.05, 4.69) is 46.9 Å². The Balaban J connectivity index is 1.62. The highest BCUT2D eigenvalue weighted by atomic mass is 16.1. The first-order valence-corrected chi connectivity index (χ1v) is 8.78. The van der Waals surface area contributed by atoms with Crippen LogP contribution < -0.4 is 5.32 Å². The Morgan fingerprint density at radius 1 is 1.16 bits per heavy atom. The van der Waals surface area contributed by atoms with E-state index in [9.17, 15) is 4.79 Å². The lowest BCUT2D eigenvalue weighted by molar-refractivity contribution is 0.0948. The molecule has 0 saturated carbocycles. The van der Waals surface area contributed by atoms with Crippen LogP contribution in [-0.2, 0) is 13.0 Å². The summed E-state index contributed by atoms with van der Waals surface area (Å²) in [5.74, 6) is 1.51. The third-order valence-corrected chi connectivity index (χ3v) is 4.04. The second-order valence-corrected chi connectivity index (χ2v) is 6.60. The lowest BCUT2D eigenvalue weighted by atomic mass is 10.2. The largest absolute Gasteiger partial charge is 0.351 e. The van der Waals surface area contributed by atoms with E-state index >= 15 is 0 Å². The van der Waals surface area contributed by atoms with Gasteiger partial charge in [-0.1, -0.05) is 32.0 Å². The summed E-state index contributed by atoms with van der Waals surface area (Å²) in [6.07, 6.45) is 3.31. The zero-order chi connectivity index (χ0) is 17.6. The molecule has 0 saturated heterocycles. The van der Waals surface area contributed by atoms with Gasteiger partial charge in [-0.15, -0.1) is 0 Å². The number of benzene rings is 1. The number of carbonyl (C=O) groups is 1. The zero-order valence-electron chi connectivity index (χ0n) is 14.8. The molecule has 0 radical (unpaired) electrons. The van der Waals surface area contributed by atoms with Crippen LogP contribution in [0.1, 0.15) is 36.6 Å². The van der Waals surface area contributed by atoms with Crippen molar-refractivity contribution in [1.82, 2.24) is 19.9 Å². The van der Waals surface area contributed by atoms with Gasteiger partial charge in [0.25, 0.3) is 5.91 Å². The van der Waals surface area contributed by atoms with Crippen LogP contribution in [-0.4, -0.2) is 27.0 Å². The standard InChI is InChI=1S/C20H24N4O/c1-15(2)14-24-18-10-4-3-8-16(18)23-19(24)11-7-13-22-20(25)17-9-5-6-12-21-17/h3-6,8-10,12,15H,7,11,13-14H2,1-2H3,(H,22,25). The molecule has 0 aliphatic heterocycles. The number of carbonyl (C=O) groups excluding carboxylic acids is 1. The van der Waals surface area contributed by atoms with Gasteiger partial charge >= 0.3 is 0 Å². The Bertz CT molecular complexity index is 839. The second-order valence-electron chi connectivity index (χ2n) is 6.60. The first kappa shape index (κ1) is 17.1. The molecule has 1 aromatic carbocycles. The molecule has 1 amide bonds. The molecule has 3 rings (SSSR count). The maximum absolute atomic E-state index is 12.0. The van der Waals surface area contributed by atoms with Gasteiger partial charge in [0, 0.05) is 25.7 Å². The van der Waals surface area contributed by atoms with Crippen LogP contribution in [0.5, 0.6) is 0 Å². The number of para-hydroxylation sites is 2. The summed E-state index contributed by atoms with van der Waals surface area (Å²) in [4.78, 5) is 20.9. The van der Waals surface area contributed by atoms with Crippen LogP contribution in [0.15, 0.2) is 48.7 Å². The first-order chi connectivity index (χ1) is 12.1. The van der Waals surface area contributed by atoms with Crippen molar-refractivity contribution < 1.29 is 4.79 Å². The molecule has 0 unspecified atom stereocenters. The molecule has 130 valence electrons. The Kier molecular flexibility index (Phi) is 5.43. The van der Waals surface area contributed by atoms with Crippen LogP contribution in [0.2, 0.25) is 0 Å². The van der Waals surface area contributed by atoms with Gasteiger partial charge in [-0.3, -0.25) is 9.78 Å². The number of nitrogens with one attached hydrogen (secondary N) is 1. The number of amides is 1. The summed E-state index contributed by atoms with van der Waals surface area (Å²) in [5.41, 5.74) is 2.67. The third-order valence-electron chi connectivity index (χ3n) is 4.04. The normalized spacial score (nSPS) is 11.2. The van der Waals surface area contributed by atoms with Gasteiger partial charge in [0.05, 0.1) is 11.0 Å². The van der Waals surface area contributed by atoms with Crippen molar-refractivity contribution in [2.75, 3.05) is 6.54 Å². The summed E-state index contributed by atoms with van der Waals surface area (Å²) >= 11 is 0. The Morgan fingerprint density at radius 2 is 1.96 bits per heavy atom. The molecular weight excluding hydrogens is 312 g/mol. The minimum Gasteiger partial charge on any atom is -0.351 e. The monoisotopic (exact) mass is 336 g/mol. The number of imidazole rings is 1. The molecule has 0 fully saturated rings. The average molecular weight is 336 g/mol. The summed E-state index contributed by atoms with van der Waals surface area (Å²) in [6, 6.07) is 13.6. The summed E-state index contributed by atoms with van der Waals surface area (Å²) < 4.78 is 2.31. The van der Waals surface area contributed by atoms with Crippen molar-refractivity contribution in [2.45, 2.75) is 33.2 Å². The van der Waals surface area contributed by atoms with Crippen LogP contribution in [0.25, 0.3) is 11.0 Å². The number of pyridine rings is 1. The van der Waals surface area contributed by atoms with Crippen molar-refractivity contribution in [1.29, 1.82) is 0 Å². The zero-order valence-corrected chi connectivity index (χ0v) is 14.8. The Labute approximate surface area is 148 Å². The quantitative estimate of drug-likeness (QED) is 0.672. The van der Waals surface area contributed by atoms with E-state index in [1.165, 1.54) is 5.52 Å². The van der Waals surface area contributed by atoms with E-state index in [0.717, 1.165) is 30.7 Å². The molecule has 0 atom stereocenters. The van der Waals surface area contributed by atoms with E-state index in [1.54, 1.807) is 18.3 Å². The molecule has 5 heteroatoms. The number of nitrogens with zero attached hydrogens (tertiary/aromatic N) is 3. The van der Waals surface area contributed by atoms with Gasteiger partial charge in [0.15, 0.2) is 0 Å². The smallest absolute Gasteiger partial charge is 0.269 e. The van der Waals surface area contributed by atoms with Gasteiger partial charge in [0.1, 0.15) is 11.5 Å². The van der Waals surface area contributed by atoms with Crippen molar-refractivity contribution >= 4 is 16.9 Å². The van der Waals surface area contributed by atoms with Crippen molar-refractivity contribution in [3.63, 3.8) is 0 Å². The van der Waals surface area contributed by atoms with Gasteiger partial charge < -0.3 is 9.88 Å². The van der Waals surface area contributed by atoms with Gasteiger partial charge in [-0.25, -0.2) is 4.98 Å². The fourth-order valence-electron chi connectivity index (χ4n) is 2.92. The fraction of sp³-hybridized carbons (Fsp3) is 0.350. The fourth-order valence-corrected chi connectivity index (χ4v) is 2.92. The molecule has 5 nitrogen and oxygen atoms in total. The molecule has 1 N–H and O–H groups in total. The van der Waals surface area contributed by atoms with E-state index in [4.69, 9.17) is 4.98 Å². The third kappa shape index (κ3) is 4.24. The minimum absolute atomic E-state index is 0.128. The maximum Gasteiger partial charge on any atom is 0.269 e.